The van der Waals surface area contributed by atoms with E-state index in [1.54, 1.807) is 18.2 Å². The molecule has 2 saturated heterocycles. The van der Waals surface area contributed by atoms with Crippen LogP contribution in [0.1, 0.15) is 12.0 Å². The number of piperazine rings is 1. The molecule has 0 radical (unpaired) electrons. The van der Waals surface area contributed by atoms with Crippen molar-refractivity contribution in [1.82, 2.24) is 15.1 Å². The van der Waals surface area contributed by atoms with Gasteiger partial charge in [0.1, 0.15) is 0 Å². The number of hydrogen-bond acceptors (Lipinski definition) is 6. The number of benzene rings is 1. The van der Waals surface area contributed by atoms with Gasteiger partial charge in [-0.15, -0.1) is 10.2 Å². The SMILES string of the molecule is CN1C[C@@H]2C[C@H]1CN2c1ccc(Cl)nn1.Cc1ccc(S(=O)(=O)O)cc1. The van der Waals surface area contributed by atoms with Gasteiger partial charge in [0.25, 0.3) is 10.1 Å². The second-order valence-corrected chi connectivity index (χ2v) is 8.45. The molecule has 2 aliphatic heterocycles. The summed E-state index contributed by atoms with van der Waals surface area (Å²) < 4.78 is 29.6. The zero-order valence-electron chi connectivity index (χ0n) is 14.6. The van der Waals surface area contributed by atoms with Crippen LogP contribution in [0.2, 0.25) is 5.15 Å². The molecule has 0 spiro atoms. The Hall–Kier alpha value is -1.74. The van der Waals surface area contributed by atoms with Gasteiger partial charge >= 0.3 is 0 Å². The number of hydrogen-bond donors (Lipinski definition) is 1. The molecule has 9 heteroatoms. The summed E-state index contributed by atoms with van der Waals surface area (Å²) in [6.45, 7) is 4.04. The maximum atomic E-state index is 10.5. The molecule has 2 aromatic rings. The molecular formula is C17H21ClN4O3S. The molecule has 2 aliphatic rings. The van der Waals surface area contributed by atoms with Crippen LogP contribution < -0.4 is 4.90 Å². The van der Waals surface area contributed by atoms with Crippen molar-refractivity contribution in [2.24, 2.45) is 0 Å². The van der Waals surface area contributed by atoms with Gasteiger partial charge in [0.05, 0.1) is 4.90 Å². The third-order valence-electron chi connectivity index (χ3n) is 4.75. The van der Waals surface area contributed by atoms with Gasteiger partial charge in [-0.25, -0.2) is 0 Å². The van der Waals surface area contributed by atoms with Gasteiger partial charge in [0, 0.05) is 25.2 Å². The van der Waals surface area contributed by atoms with Crippen LogP contribution >= 0.6 is 11.6 Å². The first kappa shape index (κ1) is 19.0. The van der Waals surface area contributed by atoms with Crippen LogP contribution in [0.25, 0.3) is 0 Å². The molecule has 7 nitrogen and oxygen atoms in total. The summed E-state index contributed by atoms with van der Waals surface area (Å²) in [5, 5.41) is 8.47. The summed E-state index contributed by atoms with van der Waals surface area (Å²) in [4.78, 5) is 4.70. The number of aromatic nitrogens is 2. The highest BCUT2D eigenvalue weighted by Gasteiger charge is 2.41. The highest BCUT2D eigenvalue weighted by Crippen LogP contribution is 2.32. The normalized spacial score (nSPS) is 22.2. The van der Waals surface area contributed by atoms with E-state index in [2.05, 4.69) is 27.0 Å². The average Bonchev–Trinajstić information content (AvgIpc) is 3.15. The van der Waals surface area contributed by atoms with Crippen molar-refractivity contribution in [3.63, 3.8) is 0 Å². The van der Waals surface area contributed by atoms with Gasteiger partial charge in [0.2, 0.25) is 0 Å². The summed E-state index contributed by atoms with van der Waals surface area (Å²) in [5.41, 5.74) is 0.956. The smallest absolute Gasteiger partial charge is 0.294 e. The van der Waals surface area contributed by atoms with Crippen molar-refractivity contribution in [1.29, 1.82) is 0 Å². The van der Waals surface area contributed by atoms with Crippen molar-refractivity contribution in [3.8, 4) is 0 Å². The lowest BCUT2D eigenvalue weighted by Crippen LogP contribution is -2.44. The number of likely N-dealkylation sites (N-methyl/N-ethyl adjacent to an activating group) is 1. The maximum absolute atomic E-state index is 10.5. The Kier molecular flexibility index (Phi) is 5.47. The quantitative estimate of drug-likeness (QED) is 0.779. The van der Waals surface area contributed by atoms with Crippen molar-refractivity contribution < 1.29 is 13.0 Å². The van der Waals surface area contributed by atoms with Gasteiger partial charge in [-0.3, -0.25) is 9.45 Å². The lowest BCUT2D eigenvalue weighted by Gasteiger charge is -2.32. The molecule has 1 aromatic heterocycles. The average molecular weight is 397 g/mol. The van der Waals surface area contributed by atoms with Crippen LogP contribution in [-0.2, 0) is 10.1 Å². The highest BCUT2D eigenvalue weighted by molar-refractivity contribution is 7.85. The summed E-state index contributed by atoms with van der Waals surface area (Å²) in [6.07, 6.45) is 1.25. The monoisotopic (exact) mass is 396 g/mol. The van der Waals surface area contributed by atoms with E-state index in [4.69, 9.17) is 16.2 Å². The Morgan fingerprint density at radius 2 is 1.77 bits per heavy atom. The number of aryl methyl sites for hydroxylation is 1. The van der Waals surface area contributed by atoms with E-state index in [0.29, 0.717) is 17.2 Å². The second kappa shape index (κ2) is 7.48. The molecule has 140 valence electrons. The van der Waals surface area contributed by atoms with E-state index in [9.17, 15) is 8.42 Å². The van der Waals surface area contributed by atoms with E-state index in [1.165, 1.54) is 18.6 Å². The first-order chi connectivity index (χ1) is 12.2. The molecule has 2 atom stereocenters. The lowest BCUT2D eigenvalue weighted by atomic mass is 10.2. The van der Waals surface area contributed by atoms with Crippen LogP contribution in [0.4, 0.5) is 5.82 Å². The van der Waals surface area contributed by atoms with Gasteiger partial charge < -0.3 is 4.90 Å². The summed E-state index contributed by atoms with van der Waals surface area (Å²) in [7, 11) is -1.83. The minimum Gasteiger partial charge on any atom is -0.349 e. The molecule has 2 bridgehead atoms. The number of rotatable bonds is 2. The van der Waals surface area contributed by atoms with E-state index in [0.717, 1.165) is 24.5 Å². The van der Waals surface area contributed by atoms with Crippen molar-refractivity contribution in [3.05, 3.63) is 47.1 Å². The standard InChI is InChI=1S/C10H13ClN4.C7H8O3S/c1-14-5-8-4-7(14)6-15(8)10-3-2-9(11)12-13-10;1-6-2-4-7(5-3-6)11(8,9)10/h2-3,7-8H,4-6H2,1H3;2-5H,1H3,(H,8,9,10)/t7-,8-;/m0./s1. The molecular weight excluding hydrogens is 376 g/mol. The van der Waals surface area contributed by atoms with Gasteiger partial charge in [-0.2, -0.15) is 8.42 Å². The summed E-state index contributed by atoms with van der Waals surface area (Å²) in [6, 6.07) is 11.0. The van der Waals surface area contributed by atoms with E-state index >= 15 is 0 Å². The van der Waals surface area contributed by atoms with Crippen molar-refractivity contribution in [2.45, 2.75) is 30.3 Å². The topological polar surface area (TPSA) is 86.6 Å². The molecule has 1 aromatic carbocycles. The van der Waals surface area contributed by atoms with E-state index < -0.39 is 10.1 Å². The van der Waals surface area contributed by atoms with Crippen LogP contribution in [0.3, 0.4) is 0 Å². The largest absolute Gasteiger partial charge is 0.349 e. The molecule has 0 unspecified atom stereocenters. The van der Waals surface area contributed by atoms with Crippen LogP contribution in [-0.4, -0.2) is 60.3 Å². The fourth-order valence-corrected chi connectivity index (χ4v) is 3.90. The van der Waals surface area contributed by atoms with E-state index in [1.807, 2.05) is 13.0 Å². The van der Waals surface area contributed by atoms with Crippen LogP contribution in [0.15, 0.2) is 41.3 Å². The molecule has 0 saturated carbocycles. The first-order valence-corrected chi connectivity index (χ1v) is 10.1. The summed E-state index contributed by atoms with van der Waals surface area (Å²) in [5.74, 6) is 0.958. The fourth-order valence-electron chi connectivity index (χ4n) is 3.32. The van der Waals surface area contributed by atoms with Crippen LogP contribution in [0, 0.1) is 6.92 Å². The second-order valence-electron chi connectivity index (χ2n) is 6.64. The number of likely N-dealkylation sites (tertiary alicyclic amines) is 1. The maximum Gasteiger partial charge on any atom is 0.294 e. The molecule has 0 amide bonds. The minimum atomic E-state index is -4.02. The minimum absolute atomic E-state index is 0.0666. The van der Waals surface area contributed by atoms with Gasteiger partial charge in [0.15, 0.2) is 11.0 Å². The van der Waals surface area contributed by atoms with Gasteiger partial charge in [-0.1, -0.05) is 29.3 Å². The Morgan fingerprint density at radius 1 is 1.08 bits per heavy atom. The number of halogens is 1. The predicted molar refractivity (Wildman–Crippen MR) is 100 cm³/mol. The molecule has 0 aliphatic carbocycles. The Bertz CT molecular complexity index is 857. The first-order valence-electron chi connectivity index (χ1n) is 8.24. The Morgan fingerprint density at radius 3 is 2.23 bits per heavy atom. The molecule has 2 fully saturated rings. The van der Waals surface area contributed by atoms with E-state index in [-0.39, 0.29) is 4.90 Å². The number of fused-ring (bicyclic) bond motifs is 2. The zero-order chi connectivity index (χ0) is 18.9. The molecule has 1 N–H and O–H groups in total. The Labute approximate surface area is 158 Å². The van der Waals surface area contributed by atoms with Crippen LogP contribution in [0.5, 0.6) is 0 Å². The van der Waals surface area contributed by atoms with Crippen molar-refractivity contribution >= 4 is 27.5 Å². The molecule has 4 rings (SSSR count). The highest BCUT2D eigenvalue weighted by atomic mass is 35.5. The third kappa shape index (κ3) is 4.32. The van der Waals surface area contributed by atoms with Crippen molar-refractivity contribution in [2.75, 3.05) is 25.0 Å². The van der Waals surface area contributed by atoms with Gasteiger partial charge in [-0.05, 0) is 44.7 Å². The zero-order valence-corrected chi connectivity index (χ0v) is 16.2. The fraction of sp³-hybridized carbons (Fsp3) is 0.412. The number of anilines is 1. The molecule has 26 heavy (non-hydrogen) atoms. The Balaban J connectivity index is 0.000000160. The predicted octanol–water partition coefficient (Wildman–Crippen LogP) is 2.26. The summed E-state index contributed by atoms with van der Waals surface area (Å²) >= 11 is 5.72. The lowest BCUT2D eigenvalue weighted by molar-refractivity contribution is 0.292. The third-order valence-corrected chi connectivity index (χ3v) is 5.81. The number of nitrogens with zero attached hydrogens (tertiary/aromatic N) is 4. The molecule has 3 heterocycles.